The van der Waals surface area contributed by atoms with Crippen LogP contribution in [0.2, 0.25) is 0 Å². The standard InChI is InChI=1S/C16H24N2O2/c1-12(2)9-17(10-13(3)4)11-18-14-7-5-6-8-15(14)20-16(18)19/h5-8,12-13H,9-11H2,1-4H3. The Kier molecular flexibility index (Phi) is 4.65. The summed E-state index contributed by atoms with van der Waals surface area (Å²) in [5.74, 6) is 0.869. The van der Waals surface area contributed by atoms with Crippen molar-refractivity contribution in [1.29, 1.82) is 0 Å². The lowest BCUT2D eigenvalue weighted by molar-refractivity contribution is 0.171. The van der Waals surface area contributed by atoms with Gasteiger partial charge in [-0.1, -0.05) is 39.8 Å². The minimum Gasteiger partial charge on any atom is -0.408 e. The van der Waals surface area contributed by atoms with E-state index < -0.39 is 0 Å². The minimum absolute atomic E-state index is 0.274. The van der Waals surface area contributed by atoms with Crippen molar-refractivity contribution in [1.82, 2.24) is 9.47 Å². The van der Waals surface area contributed by atoms with Gasteiger partial charge < -0.3 is 4.42 Å². The molecule has 4 nitrogen and oxygen atoms in total. The fourth-order valence-electron chi connectivity index (χ4n) is 2.57. The second kappa shape index (κ2) is 6.27. The third-order valence-electron chi connectivity index (χ3n) is 3.16. The molecule has 2 rings (SSSR count). The molecule has 0 bridgehead atoms. The van der Waals surface area contributed by atoms with E-state index in [1.165, 1.54) is 0 Å². The SMILES string of the molecule is CC(C)CN(CC(C)C)Cn1c(=O)oc2ccccc21. The monoisotopic (exact) mass is 276 g/mol. The number of hydrogen-bond donors (Lipinski definition) is 0. The van der Waals surface area contributed by atoms with Gasteiger partial charge in [0.2, 0.25) is 0 Å². The van der Waals surface area contributed by atoms with Gasteiger partial charge in [0.15, 0.2) is 5.58 Å². The van der Waals surface area contributed by atoms with Gasteiger partial charge in [-0.2, -0.15) is 0 Å². The van der Waals surface area contributed by atoms with Gasteiger partial charge in [0.05, 0.1) is 12.2 Å². The van der Waals surface area contributed by atoms with Crippen LogP contribution in [0.4, 0.5) is 0 Å². The van der Waals surface area contributed by atoms with Crippen LogP contribution in [0.1, 0.15) is 27.7 Å². The Morgan fingerprint density at radius 2 is 1.70 bits per heavy atom. The molecule has 0 fully saturated rings. The predicted octanol–water partition coefficient (Wildman–Crippen LogP) is 3.17. The number of benzene rings is 1. The highest BCUT2D eigenvalue weighted by Gasteiger charge is 2.14. The first kappa shape index (κ1) is 14.9. The van der Waals surface area contributed by atoms with Gasteiger partial charge in [-0.25, -0.2) is 4.79 Å². The molecule has 1 heterocycles. The maximum absolute atomic E-state index is 12.0. The fraction of sp³-hybridized carbons (Fsp3) is 0.562. The number of nitrogens with zero attached hydrogens (tertiary/aromatic N) is 2. The van der Waals surface area contributed by atoms with E-state index in [0.29, 0.717) is 24.1 Å². The topological polar surface area (TPSA) is 38.4 Å². The molecule has 0 saturated heterocycles. The Bertz CT molecular complexity index is 600. The van der Waals surface area contributed by atoms with E-state index >= 15 is 0 Å². The molecule has 110 valence electrons. The third kappa shape index (κ3) is 3.51. The molecular weight excluding hydrogens is 252 g/mol. The smallest absolute Gasteiger partial charge is 0.408 e. The molecule has 1 aromatic carbocycles. The van der Waals surface area contributed by atoms with Crippen LogP contribution in [-0.4, -0.2) is 22.6 Å². The molecule has 20 heavy (non-hydrogen) atoms. The van der Waals surface area contributed by atoms with Gasteiger partial charge in [-0.3, -0.25) is 9.47 Å². The largest absolute Gasteiger partial charge is 0.421 e. The van der Waals surface area contributed by atoms with Crippen LogP contribution in [0.25, 0.3) is 11.1 Å². The summed E-state index contributed by atoms with van der Waals surface area (Å²) in [6.07, 6.45) is 0. The molecular formula is C16H24N2O2. The number of fused-ring (bicyclic) bond motifs is 1. The van der Waals surface area contributed by atoms with Gasteiger partial charge in [0.25, 0.3) is 0 Å². The number of oxazole rings is 1. The highest BCUT2D eigenvalue weighted by atomic mass is 16.4. The maximum Gasteiger partial charge on any atom is 0.421 e. The quantitative estimate of drug-likeness (QED) is 0.813. The van der Waals surface area contributed by atoms with E-state index in [-0.39, 0.29) is 5.76 Å². The van der Waals surface area contributed by atoms with Crippen LogP contribution in [0.3, 0.4) is 0 Å². The Labute approximate surface area is 120 Å². The van der Waals surface area contributed by atoms with Crippen molar-refractivity contribution in [2.24, 2.45) is 11.8 Å². The summed E-state index contributed by atoms with van der Waals surface area (Å²) >= 11 is 0. The van der Waals surface area contributed by atoms with Crippen LogP contribution >= 0.6 is 0 Å². The summed E-state index contributed by atoms with van der Waals surface area (Å²) in [4.78, 5) is 14.3. The zero-order chi connectivity index (χ0) is 14.7. The second-order valence-corrected chi connectivity index (χ2v) is 6.23. The van der Waals surface area contributed by atoms with Crippen molar-refractivity contribution in [2.75, 3.05) is 13.1 Å². The highest BCUT2D eigenvalue weighted by molar-refractivity contribution is 5.72. The zero-order valence-electron chi connectivity index (χ0n) is 12.8. The first-order valence-corrected chi connectivity index (χ1v) is 7.28. The van der Waals surface area contributed by atoms with Crippen LogP contribution in [-0.2, 0) is 6.67 Å². The normalized spacial score (nSPS) is 12.2. The van der Waals surface area contributed by atoms with E-state index in [2.05, 4.69) is 32.6 Å². The predicted molar refractivity (Wildman–Crippen MR) is 81.7 cm³/mol. The third-order valence-corrected chi connectivity index (χ3v) is 3.16. The molecule has 0 saturated carbocycles. The van der Waals surface area contributed by atoms with E-state index in [1.54, 1.807) is 4.57 Å². The van der Waals surface area contributed by atoms with Crippen LogP contribution in [0, 0.1) is 11.8 Å². The molecule has 0 unspecified atom stereocenters. The first-order valence-electron chi connectivity index (χ1n) is 7.28. The Hall–Kier alpha value is -1.55. The number of hydrogen-bond acceptors (Lipinski definition) is 3. The maximum atomic E-state index is 12.0. The van der Waals surface area contributed by atoms with Crippen molar-refractivity contribution in [2.45, 2.75) is 34.4 Å². The number of rotatable bonds is 6. The molecule has 0 atom stereocenters. The lowest BCUT2D eigenvalue weighted by Crippen LogP contribution is -2.35. The molecule has 2 aromatic rings. The fourth-order valence-corrected chi connectivity index (χ4v) is 2.57. The van der Waals surface area contributed by atoms with Crippen molar-refractivity contribution in [3.05, 3.63) is 34.8 Å². The Morgan fingerprint density at radius 1 is 1.10 bits per heavy atom. The van der Waals surface area contributed by atoms with Crippen molar-refractivity contribution in [3.63, 3.8) is 0 Å². The molecule has 0 aliphatic carbocycles. The summed E-state index contributed by atoms with van der Waals surface area (Å²) in [7, 11) is 0. The minimum atomic E-state index is -0.274. The van der Waals surface area contributed by atoms with E-state index in [9.17, 15) is 4.79 Å². The summed E-state index contributed by atoms with van der Waals surface area (Å²) in [5, 5.41) is 0. The summed E-state index contributed by atoms with van der Waals surface area (Å²) in [6.45, 7) is 11.3. The molecule has 0 radical (unpaired) electrons. The van der Waals surface area contributed by atoms with Gasteiger partial charge in [0, 0.05) is 13.1 Å². The highest BCUT2D eigenvalue weighted by Crippen LogP contribution is 2.13. The van der Waals surface area contributed by atoms with E-state index in [1.807, 2.05) is 24.3 Å². The zero-order valence-corrected chi connectivity index (χ0v) is 12.8. The lowest BCUT2D eigenvalue weighted by Gasteiger charge is -2.26. The molecule has 0 N–H and O–H groups in total. The number of para-hydroxylation sites is 2. The van der Waals surface area contributed by atoms with Gasteiger partial charge in [0.1, 0.15) is 0 Å². The molecule has 4 heteroatoms. The van der Waals surface area contributed by atoms with Crippen LogP contribution < -0.4 is 5.76 Å². The van der Waals surface area contributed by atoms with Crippen molar-refractivity contribution >= 4 is 11.1 Å². The lowest BCUT2D eigenvalue weighted by atomic mass is 10.1. The van der Waals surface area contributed by atoms with Gasteiger partial charge in [-0.05, 0) is 24.0 Å². The summed E-state index contributed by atoms with van der Waals surface area (Å²) in [5.41, 5.74) is 1.53. The molecule has 0 aliphatic rings. The van der Waals surface area contributed by atoms with Crippen LogP contribution in [0.15, 0.2) is 33.5 Å². The summed E-state index contributed by atoms with van der Waals surface area (Å²) < 4.78 is 7.01. The average molecular weight is 276 g/mol. The van der Waals surface area contributed by atoms with E-state index in [4.69, 9.17) is 4.42 Å². The Morgan fingerprint density at radius 3 is 2.30 bits per heavy atom. The summed E-state index contributed by atoms with van der Waals surface area (Å²) in [6, 6.07) is 7.59. The van der Waals surface area contributed by atoms with Crippen LogP contribution in [0.5, 0.6) is 0 Å². The molecule has 0 aliphatic heterocycles. The van der Waals surface area contributed by atoms with Crippen molar-refractivity contribution < 1.29 is 4.42 Å². The second-order valence-electron chi connectivity index (χ2n) is 6.23. The average Bonchev–Trinajstić information content (AvgIpc) is 2.64. The van der Waals surface area contributed by atoms with Gasteiger partial charge in [-0.15, -0.1) is 0 Å². The molecule has 0 amide bonds. The van der Waals surface area contributed by atoms with E-state index in [0.717, 1.165) is 18.6 Å². The molecule has 1 aromatic heterocycles. The molecule has 0 spiro atoms. The first-order chi connectivity index (χ1) is 9.47. The Balaban J connectivity index is 2.27. The van der Waals surface area contributed by atoms with Crippen molar-refractivity contribution in [3.8, 4) is 0 Å². The van der Waals surface area contributed by atoms with Gasteiger partial charge >= 0.3 is 5.76 Å². The number of aromatic nitrogens is 1.